The van der Waals surface area contributed by atoms with Crippen molar-refractivity contribution in [1.29, 1.82) is 0 Å². The fourth-order valence-electron chi connectivity index (χ4n) is 3.23. The minimum absolute atomic E-state index is 0.0542. The highest BCUT2D eigenvalue weighted by Crippen LogP contribution is 2.19. The number of alkyl carbamates (subject to hydrolysis) is 1. The molecule has 0 saturated heterocycles. The van der Waals surface area contributed by atoms with Crippen LogP contribution in [0.3, 0.4) is 0 Å². The lowest BCUT2D eigenvalue weighted by Crippen LogP contribution is -2.54. The van der Waals surface area contributed by atoms with Gasteiger partial charge in [0.05, 0.1) is 13.2 Å². The molecule has 0 aromatic heterocycles. The zero-order valence-electron chi connectivity index (χ0n) is 19.9. The second-order valence-electron chi connectivity index (χ2n) is 8.79. The third kappa shape index (κ3) is 8.59. The van der Waals surface area contributed by atoms with Gasteiger partial charge < -0.3 is 19.7 Å². The van der Waals surface area contributed by atoms with E-state index < -0.39 is 29.7 Å². The molecule has 1 N–H and O–H groups in total. The lowest BCUT2D eigenvalue weighted by atomic mass is 9.97. The molecule has 0 aliphatic heterocycles. The first-order valence-electron chi connectivity index (χ1n) is 11.0. The van der Waals surface area contributed by atoms with Crippen molar-refractivity contribution < 1.29 is 23.9 Å². The van der Waals surface area contributed by atoms with E-state index in [2.05, 4.69) is 5.32 Å². The third-order valence-corrected chi connectivity index (χ3v) is 5.12. The number of esters is 1. The Labute approximate surface area is 186 Å². The maximum atomic E-state index is 13.4. The van der Waals surface area contributed by atoms with Crippen molar-refractivity contribution in [3.8, 4) is 0 Å². The van der Waals surface area contributed by atoms with Crippen LogP contribution in [0.15, 0.2) is 30.3 Å². The number of rotatable bonds is 10. The second-order valence-corrected chi connectivity index (χ2v) is 8.79. The number of methoxy groups -OCH3 is 1. The molecule has 3 atom stereocenters. The summed E-state index contributed by atoms with van der Waals surface area (Å²) in [7, 11) is 1.32. The molecule has 0 radical (unpaired) electrons. The average molecular weight is 435 g/mol. The molecule has 7 heteroatoms. The molecule has 0 spiro atoms. The number of carbonyl (C=O) groups excluding carboxylic acids is 3. The number of nitrogens with zero attached hydrogens (tertiary/aromatic N) is 1. The highest BCUT2D eigenvalue weighted by Gasteiger charge is 2.34. The standard InChI is InChI=1S/C24H38N2O5/c1-8-13-20(22(28)30-7)26(21(27)18-14-11-10-12-15-18)16-19(17(3)9-2)25-23(29)31-24(4,5)6/h10-12,14-15,17,19-20H,8-9,13,16H2,1-7H3,(H,25,29)/t17-,19+,20-/m0/s1. The van der Waals surface area contributed by atoms with Crippen LogP contribution in [0.4, 0.5) is 4.79 Å². The maximum Gasteiger partial charge on any atom is 0.407 e. The molecule has 0 saturated carbocycles. The highest BCUT2D eigenvalue weighted by atomic mass is 16.6. The van der Waals surface area contributed by atoms with Crippen LogP contribution in [0, 0.1) is 5.92 Å². The zero-order valence-corrected chi connectivity index (χ0v) is 19.9. The summed E-state index contributed by atoms with van der Waals surface area (Å²) in [6.07, 6.45) is 1.40. The molecular weight excluding hydrogens is 396 g/mol. The summed E-state index contributed by atoms with van der Waals surface area (Å²) in [5.41, 5.74) is -0.159. The van der Waals surface area contributed by atoms with E-state index in [0.717, 1.165) is 6.42 Å². The minimum Gasteiger partial charge on any atom is -0.467 e. The van der Waals surface area contributed by atoms with Gasteiger partial charge in [0.1, 0.15) is 11.6 Å². The predicted octanol–water partition coefficient (Wildman–Crippen LogP) is 4.41. The molecule has 174 valence electrons. The summed E-state index contributed by atoms with van der Waals surface area (Å²) in [6.45, 7) is 11.5. The molecule has 1 aromatic carbocycles. The second kappa shape index (κ2) is 12.3. The first-order valence-corrected chi connectivity index (χ1v) is 11.0. The van der Waals surface area contributed by atoms with Crippen LogP contribution >= 0.6 is 0 Å². The van der Waals surface area contributed by atoms with Gasteiger partial charge in [-0.2, -0.15) is 0 Å². The largest absolute Gasteiger partial charge is 0.467 e. The number of amides is 2. The number of benzene rings is 1. The number of nitrogens with one attached hydrogen (secondary N) is 1. The normalized spacial score (nSPS) is 14.2. The molecule has 31 heavy (non-hydrogen) atoms. The Kier molecular flexibility index (Phi) is 10.5. The summed E-state index contributed by atoms with van der Waals surface area (Å²) in [5, 5.41) is 2.91. The monoisotopic (exact) mass is 434 g/mol. The highest BCUT2D eigenvalue weighted by molar-refractivity contribution is 5.96. The van der Waals surface area contributed by atoms with Crippen LogP contribution < -0.4 is 5.32 Å². The Bertz CT molecular complexity index is 714. The summed E-state index contributed by atoms with van der Waals surface area (Å²) < 4.78 is 10.4. The average Bonchev–Trinajstić information content (AvgIpc) is 2.73. The molecule has 1 rings (SSSR count). The summed E-state index contributed by atoms with van der Waals surface area (Å²) in [5.74, 6) is -0.687. The Hall–Kier alpha value is -2.57. The molecular formula is C24H38N2O5. The van der Waals surface area contributed by atoms with E-state index in [1.165, 1.54) is 12.0 Å². The Morgan fingerprint density at radius 3 is 2.19 bits per heavy atom. The zero-order chi connectivity index (χ0) is 23.6. The van der Waals surface area contributed by atoms with Crippen molar-refractivity contribution in [3.63, 3.8) is 0 Å². The maximum absolute atomic E-state index is 13.4. The van der Waals surface area contributed by atoms with E-state index in [-0.39, 0.29) is 18.4 Å². The van der Waals surface area contributed by atoms with Crippen molar-refractivity contribution in [3.05, 3.63) is 35.9 Å². The minimum atomic E-state index is -0.741. The topological polar surface area (TPSA) is 84.9 Å². The number of carbonyl (C=O) groups is 3. The van der Waals surface area contributed by atoms with Gasteiger partial charge in [0.15, 0.2) is 0 Å². The van der Waals surface area contributed by atoms with Crippen molar-refractivity contribution in [2.75, 3.05) is 13.7 Å². The fourth-order valence-corrected chi connectivity index (χ4v) is 3.23. The summed E-state index contributed by atoms with van der Waals surface area (Å²) in [6, 6.07) is 7.69. The van der Waals surface area contributed by atoms with E-state index in [9.17, 15) is 14.4 Å². The van der Waals surface area contributed by atoms with Gasteiger partial charge in [-0.1, -0.05) is 51.8 Å². The number of hydrogen-bond acceptors (Lipinski definition) is 5. The van der Waals surface area contributed by atoms with E-state index in [4.69, 9.17) is 9.47 Å². The molecule has 7 nitrogen and oxygen atoms in total. The van der Waals surface area contributed by atoms with Gasteiger partial charge in [0.25, 0.3) is 5.91 Å². The Balaban J connectivity index is 3.27. The molecule has 1 aromatic rings. The number of ether oxygens (including phenoxy) is 2. The van der Waals surface area contributed by atoms with Gasteiger partial charge in [0.2, 0.25) is 0 Å². The SMILES string of the molecule is CCC[C@@H](C(=O)OC)N(C[C@@H](NC(=O)OC(C)(C)C)[C@@H](C)CC)C(=O)c1ccccc1. The Morgan fingerprint density at radius 1 is 1.10 bits per heavy atom. The molecule has 0 bridgehead atoms. The smallest absolute Gasteiger partial charge is 0.407 e. The van der Waals surface area contributed by atoms with Gasteiger partial charge >= 0.3 is 12.1 Å². The molecule has 2 amide bonds. The van der Waals surface area contributed by atoms with Crippen molar-refractivity contribution in [2.45, 2.75) is 78.5 Å². The lowest BCUT2D eigenvalue weighted by Gasteiger charge is -2.35. The fraction of sp³-hybridized carbons (Fsp3) is 0.625. The van der Waals surface area contributed by atoms with E-state index in [1.807, 2.05) is 26.8 Å². The number of hydrogen-bond donors (Lipinski definition) is 1. The van der Waals surface area contributed by atoms with Crippen molar-refractivity contribution >= 4 is 18.0 Å². The van der Waals surface area contributed by atoms with Crippen LogP contribution in [0.1, 0.15) is 71.2 Å². The van der Waals surface area contributed by atoms with Crippen LogP contribution in [-0.4, -0.2) is 54.2 Å². The summed E-state index contributed by atoms with van der Waals surface area (Å²) in [4.78, 5) is 40.0. The molecule has 0 heterocycles. The van der Waals surface area contributed by atoms with E-state index in [0.29, 0.717) is 18.4 Å². The van der Waals surface area contributed by atoms with Gasteiger partial charge in [0, 0.05) is 12.1 Å². The predicted molar refractivity (Wildman–Crippen MR) is 121 cm³/mol. The van der Waals surface area contributed by atoms with Crippen LogP contribution in [0.25, 0.3) is 0 Å². The van der Waals surface area contributed by atoms with E-state index >= 15 is 0 Å². The van der Waals surface area contributed by atoms with Gasteiger partial charge in [-0.15, -0.1) is 0 Å². The molecule has 0 aliphatic rings. The van der Waals surface area contributed by atoms with Gasteiger partial charge in [-0.25, -0.2) is 9.59 Å². The van der Waals surface area contributed by atoms with E-state index in [1.54, 1.807) is 45.0 Å². The molecule has 0 unspecified atom stereocenters. The van der Waals surface area contributed by atoms with Crippen molar-refractivity contribution in [2.24, 2.45) is 5.92 Å². The van der Waals surface area contributed by atoms with Crippen molar-refractivity contribution in [1.82, 2.24) is 10.2 Å². The first kappa shape index (κ1) is 26.5. The molecule has 0 aliphatic carbocycles. The quantitative estimate of drug-likeness (QED) is 0.551. The third-order valence-electron chi connectivity index (χ3n) is 5.12. The Morgan fingerprint density at radius 2 is 1.71 bits per heavy atom. The van der Waals surface area contributed by atoms with Crippen LogP contribution in [0.2, 0.25) is 0 Å². The lowest BCUT2D eigenvalue weighted by molar-refractivity contribution is -0.146. The van der Waals surface area contributed by atoms with Gasteiger partial charge in [-0.05, 0) is 45.2 Å². The van der Waals surface area contributed by atoms with Crippen LogP contribution in [0.5, 0.6) is 0 Å². The summed E-state index contributed by atoms with van der Waals surface area (Å²) >= 11 is 0. The van der Waals surface area contributed by atoms with Gasteiger partial charge in [-0.3, -0.25) is 4.79 Å². The first-order chi connectivity index (χ1) is 14.5. The molecule has 0 fully saturated rings. The van der Waals surface area contributed by atoms with Crippen LogP contribution in [-0.2, 0) is 14.3 Å².